The summed E-state index contributed by atoms with van der Waals surface area (Å²) in [5.74, 6) is 1.18. The monoisotopic (exact) mass is 334 g/mol. The molecule has 3 rings (SSSR count). The number of hydrogen-bond donors (Lipinski definition) is 0. The van der Waals surface area contributed by atoms with Crippen LogP contribution < -0.4 is 0 Å². The Balaban J connectivity index is 1.55. The zero-order chi connectivity index (χ0) is 16.2. The smallest absolute Gasteiger partial charge is 0.223 e. The second-order valence-corrected chi connectivity index (χ2v) is 6.98. The van der Waals surface area contributed by atoms with Crippen LogP contribution in [0.5, 0.6) is 0 Å². The van der Waals surface area contributed by atoms with Gasteiger partial charge in [-0.1, -0.05) is 11.2 Å². The first-order valence-corrected chi connectivity index (χ1v) is 8.81. The van der Waals surface area contributed by atoms with Gasteiger partial charge in [0.25, 0.3) is 0 Å². The number of amides is 1. The zero-order valence-electron chi connectivity index (χ0n) is 13.6. The van der Waals surface area contributed by atoms with Crippen molar-refractivity contribution >= 4 is 17.2 Å². The fourth-order valence-electron chi connectivity index (χ4n) is 3.05. The Morgan fingerprint density at radius 3 is 3.09 bits per heavy atom. The Labute approximate surface area is 140 Å². The molecule has 1 aliphatic rings. The van der Waals surface area contributed by atoms with Gasteiger partial charge in [-0.3, -0.25) is 4.79 Å². The van der Waals surface area contributed by atoms with Crippen molar-refractivity contribution < 1.29 is 9.32 Å². The summed E-state index contributed by atoms with van der Waals surface area (Å²) in [5, 5.41) is 6.02. The van der Waals surface area contributed by atoms with E-state index in [0.717, 1.165) is 32.5 Å². The van der Waals surface area contributed by atoms with Crippen molar-refractivity contribution in [2.24, 2.45) is 0 Å². The summed E-state index contributed by atoms with van der Waals surface area (Å²) < 4.78 is 5.00. The van der Waals surface area contributed by atoms with E-state index >= 15 is 0 Å². The molecule has 0 aromatic carbocycles. The van der Waals surface area contributed by atoms with Crippen molar-refractivity contribution in [3.63, 3.8) is 0 Å². The van der Waals surface area contributed by atoms with E-state index in [9.17, 15) is 4.79 Å². The van der Waals surface area contributed by atoms with Gasteiger partial charge in [0.05, 0.1) is 6.54 Å². The third-order valence-corrected chi connectivity index (χ3v) is 5.16. The maximum atomic E-state index is 12.0. The van der Waals surface area contributed by atoms with Crippen molar-refractivity contribution in [3.8, 4) is 0 Å². The summed E-state index contributed by atoms with van der Waals surface area (Å²) >= 11 is 1.80. The van der Waals surface area contributed by atoms with Gasteiger partial charge in [0.2, 0.25) is 11.8 Å². The Kier molecular flexibility index (Phi) is 5.07. The summed E-state index contributed by atoms with van der Waals surface area (Å²) in [5.41, 5.74) is 0. The fourth-order valence-corrected chi connectivity index (χ4v) is 3.75. The first kappa shape index (κ1) is 16.1. The molecule has 1 fully saturated rings. The molecule has 1 saturated heterocycles. The third-order valence-electron chi connectivity index (χ3n) is 4.23. The largest absolute Gasteiger partial charge is 0.340 e. The molecule has 0 bridgehead atoms. The van der Waals surface area contributed by atoms with Crippen LogP contribution in [0.4, 0.5) is 0 Å². The molecular weight excluding hydrogens is 312 g/mol. The van der Waals surface area contributed by atoms with Crippen LogP contribution in [0, 0.1) is 6.92 Å². The number of rotatable bonds is 6. The molecule has 3 heterocycles. The van der Waals surface area contributed by atoms with E-state index in [2.05, 4.69) is 32.6 Å². The summed E-state index contributed by atoms with van der Waals surface area (Å²) in [6.07, 6.45) is 2.08. The normalized spacial score (nSPS) is 18.4. The molecule has 6 nitrogen and oxygen atoms in total. The molecule has 2 aromatic heterocycles. The van der Waals surface area contributed by atoms with Crippen LogP contribution in [-0.4, -0.2) is 51.5 Å². The summed E-state index contributed by atoms with van der Waals surface area (Å²) in [4.78, 5) is 21.9. The summed E-state index contributed by atoms with van der Waals surface area (Å²) in [6, 6.07) is 4.50. The highest BCUT2D eigenvalue weighted by atomic mass is 32.1. The van der Waals surface area contributed by atoms with E-state index < -0.39 is 0 Å². The molecule has 7 heteroatoms. The van der Waals surface area contributed by atoms with Gasteiger partial charge in [-0.15, -0.1) is 11.3 Å². The topological polar surface area (TPSA) is 62.5 Å². The van der Waals surface area contributed by atoms with E-state index in [0.29, 0.717) is 18.3 Å². The van der Waals surface area contributed by atoms with Crippen LogP contribution in [0.2, 0.25) is 0 Å². The van der Waals surface area contributed by atoms with Crippen LogP contribution >= 0.6 is 11.3 Å². The first-order valence-electron chi connectivity index (χ1n) is 7.93. The van der Waals surface area contributed by atoms with E-state index in [4.69, 9.17) is 4.52 Å². The Hall–Kier alpha value is -1.73. The molecule has 124 valence electrons. The number of aryl methyl sites for hydroxylation is 1. The predicted molar refractivity (Wildman–Crippen MR) is 88.1 cm³/mol. The van der Waals surface area contributed by atoms with Crippen LogP contribution in [0.3, 0.4) is 0 Å². The molecular formula is C16H22N4O2S. The molecule has 2 aromatic rings. The van der Waals surface area contributed by atoms with Gasteiger partial charge in [0.15, 0.2) is 5.82 Å². The minimum absolute atomic E-state index is 0.0672. The molecule has 1 atom stereocenters. The molecule has 1 aliphatic heterocycles. The van der Waals surface area contributed by atoms with Gasteiger partial charge in [0.1, 0.15) is 0 Å². The second-order valence-electron chi connectivity index (χ2n) is 5.95. The second kappa shape index (κ2) is 7.23. The summed E-state index contributed by atoms with van der Waals surface area (Å²) in [7, 11) is 0. The maximum absolute atomic E-state index is 12.0. The van der Waals surface area contributed by atoms with Crippen LogP contribution in [0.1, 0.15) is 29.9 Å². The van der Waals surface area contributed by atoms with Crippen LogP contribution in [0.15, 0.2) is 22.0 Å². The lowest BCUT2D eigenvalue weighted by Gasteiger charge is -2.27. The minimum Gasteiger partial charge on any atom is -0.340 e. The Morgan fingerprint density at radius 1 is 1.57 bits per heavy atom. The van der Waals surface area contributed by atoms with Gasteiger partial charge in [-0.05, 0) is 24.3 Å². The number of nitrogens with zero attached hydrogens (tertiary/aromatic N) is 4. The van der Waals surface area contributed by atoms with E-state index in [1.54, 1.807) is 25.2 Å². The van der Waals surface area contributed by atoms with Crippen LogP contribution in [0.25, 0.3) is 0 Å². The van der Waals surface area contributed by atoms with Gasteiger partial charge in [-0.25, -0.2) is 0 Å². The standard InChI is InChI=1S/C16H22N4O2S/c1-12-17-16(18-22-12)11-20(13(2)21)14-5-7-19(10-14)8-6-15-4-3-9-23-15/h3-4,9,14H,5-8,10-11H2,1-2H3. The van der Waals surface area contributed by atoms with Crippen LogP contribution in [-0.2, 0) is 17.8 Å². The quantitative estimate of drug-likeness (QED) is 0.809. The molecule has 0 spiro atoms. The molecule has 1 unspecified atom stereocenters. The van der Waals surface area contributed by atoms with Gasteiger partial charge < -0.3 is 14.3 Å². The highest BCUT2D eigenvalue weighted by Crippen LogP contribution is 2.19. The molecule has 1 amide bonds. The lowest BCUT2D eigenvalue weighted by Crippen LogP contribution is -2.40. The van der Waals surface area contributed by atoms with Gasteiger partial charge >= 0.3 is 0 Å². The minimum atomic E-state index is 0.0672. The SMILES string of the molecule is CC(=O)N(Cc1noc(C)n1)C1CCN(CCc2cccs2)C1. The third kappa shape index (κ3) is 4.17. The molecule has 23 heavy (non-hydrogen) atoms. The van der Waals surface area contributed by atoms with E-state index in [1.165, 1.54) is 4.88 Å². The lowest BCUT2D eigenvalue weighted by atomic mass is 10.2. The molecule has 0 aliphatic carbocycles. The highest BCUT2D eigenvalue weighted by molar-refractivity contribution is 7.09. The number of carbonyl (C=O) groups is 1. The number of thiophene rings is 1. The van der Waals surface area contributed by atoms with Crippen molar-refractivity contribution in [3.05, 3.63) is 34.1 Å². The zero-order valence-corrected chi connectivity index (χ0v) is 14.4. The van der Waals surface area contributed by atoms with Crippen molar-refractivity contribution in [1.29, 1.82) is 0 Å². The number of aromatic nitrogens is 2. The average molecular weight is 334 g/mol. The highest BCUT2D eigenvalue weighted by Gasteiger charge is 2.30. The first-order chi connectivity index (χ1) is 11.1. The average Bonchev–Trinajstić information content (AvgIpc) is 3.24. The van der Waals surface area contributed by atoms with Crippen molar-refractivity contribution in [1.82, 2.24) is 19.9 Å². The van der Waals surface area contributed by atoms with E-state index in [-0.39, 0.29) is 11.9 Å². The number of likely N-dealkylation sites (tertiary alicyclic amines) is 1. The molecule has 0 saturated carbocycles. The van der Waals surface area contributed by atoms with Gasteiger partial charge in [-0.2, -0.15) is 4.98 Å². The van der Waals surface area contributed by atoms with Crippen molar-refractivity contribution in [2.45, 2.75) is 39.3 Å². The Bertz CT molecular complexity index is 640. The summed E-state index contributed by atoms with van der Waals surface area (Å²) in [6.45, 7) is 6.80. The lowest BCUT2D eigenvalue weighted by molar-refractivity contribution is -0.131. The van der Waals surface area contributed by atoms with E-state index in [1.807, 2.05) is 4.90 Å². The fraction of sp³-hybridized carbons (Fsp3) is 0.562. The Morgan fingerprint density at radius 2 is 2.43 bits per heavy atom. The number of carbonyl (C=O) groups excluding carboxylic acids is 1. The molecule has 0 N–H and O–H groups in total. The van der Waals surface area contributed by atoms with Crippen molar-refractivity contribution in [2.75, 3.05) is 19.6 Å². The van der Waals surface area contributed by atoms with Gasteiger partial charge in [0, 0.05) is 44.4 Å². The maximum Gasteiger partial charge on any atom is 0.223 e. The number of hydrogen-bond acceptors (Lipinski definition) is 6. The molecule has 0 radical (unpaired) electrons. The predicted octanol–water partition coefficient (Wildman–Crippen LogP) is 2.11.